The number of hydrogen-bond donors (Lipinski definition) is 1. The van der Waals surface area contributed by atoms with Gasteiger partial charge in [-0.15, -0.1) is 0 Å². The zero-order valence-corrected chi connectivity index (χ0v) is 35.7. The Labute approximate surface area is 373 Å². The number of hydrogen-bond acceptors (Lipinski definition) is 3. The van der Waals surface area contributed by atoms with Crippen LogP contribution in [0.3, 0.4) is 0 Å². The van der Waals surface area contributed by atoms with Gasteiger partial charge in [0, 0.05) is 50.2 Å². The number of anilines is 5. The van der Waals surface area contributed by atoms with Crippen molar-refractivity contribution in [2.45, 2.75) is 19.3 Å². The van der Waals surface area contributed by atoms with Gasteiger partial charge >= 0.3 is 0 Å². The number of nitrogens with one attached hydrogen (secondary N) is 1. The molecule has 12 rings (SSSR count). The summed E-state index contributed by atoms with van der Waals surface area (Å²) in [6.07, 6.45) is 0. The van der Waals surface area contributed by atoms with Gasteiger partial charge in [-0.05, 0) is 134 Å². The lowest BCUT2D eigenvalue weighted by Gasteiger charge is -2.28. The summed E-state index contributed by atoms with van der Waals surface area (Å²) in [6.45, 7) is 4.72. The summed E-state index contributed by atoms with van der Waals surface area (Å²) in [5.74, 6) is 0. The van der Waals surface area contributed by atoms with Crippen molar-refractivity contribution in [2.75, 3.05) is 10.2 Å². The molecule has 0 atom stereocenters. The fourth-order valence-electron chi connectivity index (χ4n) is 9.98. The first kappa shape index (κ1) is 37.6. The molecular weight excluding hydrogens is 777 g/mol. The third kappa shape index (κ3) is 6.36. The average Bonchev–Trinajstić information content (AvgIpc) is 3.83. The monoisotopic (exact) mass is 820 g/mol. The molecule has 1 aliphatic carbocycles. The van der Waals surface area contributed by atoms with Gasteiger partial charge in [0.25, 0.3) is 0 Å². The predicted octanol–water partition coefficient (Wildman–Crippen LogP) is 17.3. The molecule has 0 fully saturated rings. The third-order valence-corrected chi connectivity index (χ3v) is 13.3. The smallest absolute Gasteiger partial charge is 0.135 e. The topological polar surface area (TPSA) is 28.4 Å². The Morgan fingerprint density at radius 2 is 0.953 bits per heavy atom. The summed E-state index contributed by atoms with van der Waals surface area (Å²) >= 11 is 0. The van der Waals surface area contributed by atoms with Crippen LogP contribution < -0.4 is 10.2 Å². The minimum Gasteiger partial charge on any atom is -0.456 e. The van der Waals surface area contributed by atoms with Gasteiger partial charge in [0.1, 0.15) is 11.2 Å². The Morgan fingerprint density at radius 1 is 0.375 bits per heavy atom. The van der Waals surface area contributed by atoms with Crippen molar-refractivity contribution in [2.24, 2.45) is 0 Å². The van der Waals surface area contributed by atoms with E-state index in [0.717, 1.165) is 61.5 Å². The molecule has 0 amide bonds. The molecule has 0 saturated carbocycles. The number of para-hydroxylation sites is 2. The number of nitrogens with zero attached hydrogens (tertiary/aromatic N) is 1. The van der Waals surface area contributed by atoms with Crippen molar-refractivity contribution in [1.82, 2.24) is 0 Å². The van der Waals surface area contributed by atoms with Crippen LogP contribution in [0.15, 0.2) is 229 Å². The molecule has 0 bridgehead atoms. The molecule has 11 aromatic rings. The summed E-state index contributed by atoms with van der Waals surface area (Å²) in [4.78, 5) is 2.40. The molecule has 3 nitrogen and oxygen atoms in total. The van der Waals surface area contributed by atoms with Crippen molar-refractivity contribution in [3.63, 3.8) is 0 Å². The maximum Gasteiger partial charge on any atom is 0.135 e. The van der Waals surface area contributed by atoms with Gasteiger partial charge in [0.05, 0.1) is 0 Å². The highest BCUT2D eigenvalue weighted by Gasteiger charge is 2.36. The highest BCUT2D eigenvalue weighted by Crippen LogP contribution is 2.52. The molecule has 0 aliphatic heterocycles. The van der Waals surface area contributed by atoms with Crippen LogP contribution in [0.25, 0.3) is 77.2 Å². The second-order valence-electron chi connectivity index (χ2n) is 17.4. The van der Waals surface area contributed by atoms with E-state index in [1.54, 1.807) is 0 Å². The minimum atomic E-state index is -0.235. The Hall–Kier alpha value is -8.14. The summed E-state index contributed by atoms with van der Waals surface area (Å²) in [7, 11) is 0. The zero-order valence-electron chi connectivity index (χ0n) is 35.7. The fraction of sp³-hybridized carbons (Fsp3) is 0.0492. The maximum absolute atomic E-state index is 6.16. The number of benzene rings is 10. The predicted molar refractivity (Wildman–Crippen MR) is 270 cm³/mol. The van der Waals surface area contributed by atoms with Crippen LogP contribution >= 0.6 is 0 Å². The van der Waals surface area contributed by atoms with E-state index in [2.05, 4.69) is 236 Å². The first-order valence-corrected chi connectivity index (χ1v) is 22.1. The maximum atomic E-state index is 6.16. The van der Waals surface area contributed by atoms with Crippen LogP contribution in [0.2, 0.25) is 0 Å². The first-order chi connectivity index (χ1) is 31.5. The van der Waals surface area contributed by atoms with E-state index in [4.69, 9.17) is 4.42 Å². The summed E-state index contributed by atoms with van der Waals surface area (Å²) in [5, 5.41) is 8.55. The van der Waals surface area contributed by atoms with Gasteiger partial charge < -0.3 is 14.6 Å². The van der Waals surface area contributed by atoms with E-state index in [0.29, 0.717) is 0 Å². The molecule has 304 valence electrons. The highest BCUT2D eigenvalue weighted by atomic mass is 16.3. The van der Waals surface area contributed by atoms with Crippen LogP contribution in [0.4, 0.5) is 28.4 Å². The standard InChI is InChI=1S/C61H44N2O/c1-61(2)56-38-45(62-58-21-10-8-18-51(58)42-13-4-3-5-14-42)28-34-52(56)53-35-33-48(39-57(53)61)63(47-31-25-43(26-32-47)50-20-12-16-41-15-6-7-17-49(41)50)46-29-23-40(24-30-46)44-27-36-60-55(37-44)54-19-9-11-22-59(54)64-60/h3-39,62H,1-2H3. The van der Waals surface area contributed by atoms with Gasteiger partial charge in [0.2, 0.25) is 0 Å². The van der Waals surface area contributed by atoms with E-state index < -0.39 is 0 Å². The molecule has 1 heterocycles. The largest absolute Gasteiger partial charge is 0.456 e. The molecule has 64 heavy (non-hydrogen) atoms. The van der Waals surface area contributed by atoms with Gasteiger partial charge in [0.15, 0.2) is 0 Å². The van der Waals surface area contributed by atoms with Crippen molar-refractivity contribution in [1.29, 1.82) is 0 Å². The van der Waals surface area contributed by atoms with Crippen molar-refractivity contribution < 1.29 is 4.42 Å². The average molecular weight is 821 g/mol. The molecule has 0 unspecified atom stereocenters. The van der Waals surface area contributed by atoms with Gasteiger partial charge in [-0.3, -0.25) is 0 Å². The molecule has 0 radical (unpaired) electrons. The molecule has 3 heteroatoms. The van der Waals surface area contributed by atoms with Gasteiger partial charge in [-0.2, -0.15) is 0 Å². The van der Waals surface area contributed by atoms with E-state index in [-0.39, 0.29) is 5.41 Å². The normalized spacial score (nSPS) is 12.7. The van der Waals surface area contributed by atoms with Crippen LogP contribution in [-0.2, 0) is 5.41 Å². The van der Waals surface area contributed by atoms with Crippen molar-refractivity contribution >= 4 is 61.1 Å². The number of fused-ring (bicyclic) bond motifs is 7. The first-order valence-electron chi connectivity index (χ1n) is 22.1. The van der Waals surface area contributed by atoms with E-state index in [1.165, 1.54) is 55.3 Å². The number of furan rings is 1. The highest BCUT2D eigenvalue weighted by molar-refractivity contribution is 6.06. The SMILES string of the molecule is CC1(C)c2cc(Nc3ccccc3-c3ccccc3)ccc2-c2ccc(N(c3ccc(-c4ccc5oc6ccccc6c5c4)cc3)c3ccc(-c4cccc5ccccc45)cc3)cc21. The summed E-state index contributed by atoms with van der Waals surface area (Å²) in [5.41, 5.74) is 19.4. The summed E-state index contributed by atoms with van der Waals surface area (Å²) in [6, 6.07) is 81.0. The molecule has 10 aromatic carbocycles. The molecule has 0 saturated heterocycles. The van der Waals surface area contributed by atoms with Crippen molar-refractivity contribution in [3.8, 4) is 44.5 Å². The van der Waals surface area contributed by atoms with E-state index in [1.807, 2.05) is 12.1 Å². The molecule has 1 aromatic heterocycles. The molecule has 0 spiro atoms. The van der Waals surface area contributed by atoms with Crippen LogP contribution in [0.1, 0.15) is 25.0 Å². The molecular formula is C61H44N2O. The van der Waals surface area contributed by atoms with Crippen LogP contribution in [-0.4, -0.2) is 0 Å². The lowest BCUT2D eigenvalue weighted by Crippen LogP contribution is -2.16. The Morgan fingerprint density at radius 3 is 1.77 bits per heavy atom. The van der Waals surface area contributed by atoms with Crippen LogP contribution in [0.5, 0.6) is 0 Å². The number of rotatable bonds is 8. The lowest BCUT2D eigenvalue weighted by molar-refractivity contribution is 0.660. The van der Waals surface area contributed by atoms with Crippen molar-refractivity contribution in [3.05, 3.63) is 236 Å². The Kier molecular flexibility index (Phi) is 8.84. The van der Waals surface area contributed by atoms with Gasteiger partial charge in [-0.25, -0.2) is 0 Å². The second-order valence-corrected chi connectivity index (χ2v) is 17.4. The third-order valence-electron chi connectivity index (χ3n) is 13.3. The fourth-order valence-corrected chi connectivity index (χ4v) is 9.98. The van der Waals surface area contributed by atoms with E-state index >= 15 is 0 Å². The quantitative estimate of drug-likeness (QED) is 0.166. The molecule has 1 N–H and O–H groups in total. The Balaban J connectivity index is 0.923. The van der Waals surface area contributed by atoms with E-state index in [9.17, 15) is 0 Å². The minimum absolute atomic E-state index is 0.235. The van der Waals surface area contributed by atoms with Crippen LogP contribution in [0, 0.1) is 0 Å². The van der Waals surface area contributed by atoms with Gasteiger partial charge in [-0.1, -0.05) is 166 Å². The molecule has 1 aliphatic rings. The zero-order chi connectivity index (χ0) is 42.8. The lowest BCUT2D eigenvalue weighted by atomic mass is 9.82. The Bertz CT molecular complexity index is 3540. The summed E-state index contributed by atoms with van der Waals surface area (Å²) < 4.78 is 6.16. The second kappa shape index (κ2) is 15.0.